The molecule has 1 heterocycles. The van der Waals surface area contributed by atoms with Gasteiger partial charge in [0.15, 0.2) is 0 Å². The van der Waals surface area contributed by atoms with Crippen LogP contribution in [0.3, 0.4) is 0 Å². The molecule has 0 radical (unpaired) electrons. The second kappa shape index (κ2) is 7.47. The smallest absolute Gasteiger partial charge is 0.233 e. The van der Waals surface area contributed by atoms with E-state index in [-0.39, 0.29) is 53.8 Å². The van der Waals surface area contributed by atoms with Gasteiger partial charge in [0.05, 0.1) is 11.8 Å². The van der Waals surface area contributed by atoms with E-state index in [1.807, 2.05) is 12.1 Å². The average molecular weight is 413 g/mol. The first-order valence-electron chi connectivity index (χ1n) is 11.4. The first-order valence-corrected chi connectivity index (χ1v) is 11.4. The number of carbonyl (C=O) groups excluding carboxylic acids is 3. The van der Waals surface area contributed by atoms with E-state index < -0.39 is 0 Å². The quantitative estimate of drug-likeness (QED) is 0.730. The fraction of sp³-hybridized carbons (Fsp3) is 0.625. The topological polar surface area (TPSA) is 66.5 Å². The summed E-state index contributed by atoms with van der Waals surface area (Å²) in [6.45, 7) is 0.548. The number of halogens is 1. The molecule has 30 heavy (non-hydrogen) atoms. The van der Waals surface area contributed by atoms with Crippen molar-refractivity contribution >= 4 is 17.7 Å². The monoisotopic (exact) mass is 412 g/mol. The number of rotatable bonds is 6. The van der Waals surface area contributed by atoms with Gasteiger partial charge in [0.25, 0.3) is 0 Å². The molecule has 3 amide bonds. The van der Waals surface area contributed by atoms with E-state index in [2.05, 4.69) is 5.32 Å². The van der Waals surface area contributed by atoms with Crippen molar-refractivity contribution in [1.29, 1.82) is 0 Å². The van der Waals surface area contributed by atoms with Crippen molar-refractivity contribution in [3.8, 4) is 0 Å². The highest BCUT2D eigenvalue weighted by Crippen LogP contribution is 2.56. The summed E-state index contributed by atoms with van der Waals surface area (Å²) in [4.78, 5) is 39.4. The molecule has 4 atom stereocenters. The maximum Gasteiger partial charge on any atom is 0.233 e. The zero-order valence-corrected chi connectivity index (χ0v) is 17.2. The molecule has 5 nitrogen and oxygen atoms in total. The molecule has 5 rings (SSSR count). The zero-order chi connectivity index (χ0) is 20.9. The lowest BCUT2D eigenvalue weighted by molar-refractivity contribution is -0.141. The molecule has 1 N–H and O–H groups in total. The van der Waals surface area contributed by atoms with Crippen molar-refractivity contribution in [2.75, 3.05) is 13.1 Å². The molecule has 1 saturated heterocycles. The van der Waals surface area contributed by atoms with Gasteiger partial charge in [0, 0.05) is 24.9 Å². The standard InChI is InChI=1S/C24H29FN2O3/c25-18-6-2-1-5-17(18)24(10-3-4-11-24)14-26-19(28)9-12-27-22(29)20-15-7-8-16(13-15)21(20)23(27)30/h1-2,5-6,15-16,20-21H,3-4,7-14H2,(H,26,28)/t15-,16-,20-,21-/m0/s1. The minimum absolute atomic E-state index is 0.0661. The number of fused-ring (bicyclic) bond motifs is 5. The minimum Gasteiger partial charge on any atom is -0.355 e. The zero-order valence-electron chi connectivity index (χ0n) is 17.2. The summed E-state index contributed by atoms with van der Waals surface area (Å²) in [6.07, 6.45) is 6.97. The third-order valence-electron chi connectivity index (χ3n) is 8.21. The Morgan fingerprint density at radius 2 is 1.70 bits per heavy atom. The summed E-state index contributed by atoms with van der Waals surface area (Å²) in [5, 5.41) is 2.97. The van der Waals surface area contributed by atoms with Gasteiger partial charge < -0.3 is 5.32 Å². The molecule has 6 heteroatoms. The van der Waals surface area contributed by atoms with Crippen LogP contribution in [-0.4, -0.2) is 35.7 Å². The lowest BCUT2D eigenvalue weighted by atomic mass is 9.78. The van der Waals surface area contributed by atoms with Gasteiger partial charge in [0.2, 0.25) is 17.7 Å². The van der Waals surface area contributed by atoms with Crippen molar-refractivity contribution in [2.45, 2.75) is 56.8 Å². The van der Waals surface area contributed by atoms with Gasteiger partial charge in [-0.1, -0.05) is 31.0 Å². The van der Waals surface area contributed by atoms with Gasteiger partial charge in [-0.25, -0.2) is 4.39 Å². The molecular formula is C24H29FN2O3. The van der Waals surface area contributed by atoms with Gasteiger partial charge in [-0.15, -0.1) is 0 Å². The van der Waals surface area contributed by atoms with Crippen molar-refractivity contribution in [2.24, 2.45) is 23.7 Å². The van der Waals surface area contributed by atoms with Crippen LogP contribution >= 0.6 is 0 Å². The number of likely N-dealkylation sites (tertiary alicyclic amines) is 1. The summed E-state index contributed by atoms with van der Waals surface area (Å²) in [5.74, 6) is -0.0886. The molecule has 1 aromatic carbocycles. The molecule has 1 aliphatic heterocycles. The van der Waals surface area contributed by atoms with Gasteiger partial charge in [-0.3, -0.25) is 19.3 Å². The van der Waals surface area contributed by atoms with E-state index in [9.17, 15) is 18.8 Å². The van der Waals surface area contributed by atoms with Crippen LogP contribution in [-0.2, 0) is 19.8 Å². The molecule has 2 bridgehead atoms. The molecule has 0 unspecified atom stereocenters. The Morgan fingerprint density at radius 1 is 1.07 bits per heavy atom. The molecule has 3 saturated carbocycles. The van der Waals surface area contributed by atoms with Crippen LogP contribution in [0, 0.1) is 29.5 Å². The van der Waals surface area contributed by atoms with Crippen LogP contribution in [0.4, 0.5) is 4.39 Å². The van der Waals surface area contributed by atoms with Crippen LogP contribution in [0.15, 0.2) is 24.3 Å². The Bertz CT molecular complexity index is 851. The maximum atomic E-state index is 14.4. The van der Waals surface area contributed by atoms with Crippen LogP contribution < -0.4 is 5.32 Å². The van der Waals surface area contributed by atoms with Gasteiger partial charge in [-0.2, -0.15) is 0 Å². The second-order valence-electron chi connectivity index (χ2n) is 9.71. The number of amides is 3. The highest BCUT2D eigenvalue weighted by molar-refractivity contribution is 6.06. The number of nitrogens with one attached hydrogen (secondary N) is 1. The first-order chi connectivity index (χ1) is 14.5. The Morgan fingerprint density at radius 3 is 2.33 bits per heavy atom. The van der Waals surface area contributed by atoms with E-state index >= 15 is 0 Å². The minimum atomic E-state index is -0.365. The highest BCUT2D eigenvalue weighted by atomic mass is 19.1. The van der Waals surface area contributed by atoms with Crippen molar-refractivity contribution < 1.29 is 18.8 Å². The Kier molecular flexibility index (Phi) is 4.91. The fourth-order valence-electron chi connectivity index (χ4n) is 6.74. The Labute approximate surface area is 176 Å². The van der Waals surface area contributed by atoms with Gasteiger partial charge in [-0.05, 0) is 55.6 Å². The fourth-order valence-corrected chi connectivity index (χ4v) is 6.74. The third kappa shape index (κ3) is 3.07. The predicted octanol–water partition coefficient (Wildman–Crippen LogP) is 3.17. The van der Waals surface area contributed by atoms with Crippen LogP contribution in [0.2, 0.25) is 0 Å². The second-order valence-corrected chi connectivity index (χ2v) is 9.71. The number of imide groups is 1. The SMILES string of the molecule is O=C(CCN1C(=O)[C@H]2[C@H]3CC[C@@H](C3)[C@@H]2C1=O)NCC1(c2ccccc2F)CCCC1. The number of benzene rings is 1. The molecule has 0 spiro atoms. The highest BCUT2D eigenvalue weighted by Gasteiger charge is 2.60. The van der Waals surface area contributed by atoms with E-state index in [0.29, 0.717) is 23.9 Å². The summed E-state index contributed by atoms with van der Waals surface area (Å²) >= 11 is 0. The van der Waals surface area contributed by atoms with E-state index in [1.165, 1.54) is 11.0 Å². The normalized spacial score (nSPS) is 31.4. The van der Waals surface area contributed by atoms with Crippen LogP contribution in [0.25, 0.3) is 0 Å². The molecule has 0 aromatic heterocycles. The van der Waals surface area contributed by atoms with Crippen molar-refractivity contribution in [3.05, 3.63) is 35.6 Å². The van der Waals surface area contributed by atoms with E-state index in [0.717, 1.165) is 44.9 Å². The van der Waals surface area contributed by atoms with Crippen LogP contribution in [0.5, 0.6) is 0 Å². The number of hydrogen-bond donors (Lipinski definition) is 1. The maximum absolute atomic E-state index is 14.4. The lowest BCUT2D eigenvalue weighted by Crippen LogP contribution is -2.41. The van der Waals surface area contributed by atoms with Crippen LogP contribution in [0.1, 0.15) is 56.9 Å². The predicted molar refractivity (Wildman–Crippen MR) is 109 cm³/mol. The van der Waals surface area contributed by atoms with Crippen molar-refractivity contribution in [1.82, 2.24) is 10.2 Å². The number of hydrogen-bond acceptors (Lipinski definition) is 3. The average Bonchev–Trinajstić information content (AvgIpc) is 3.51. The molecule has 1 aromatic rings. The number of carbonyl (C=O) groups is 3. The Balaban J connectivity index is 1.19. The molecule has 3 aliphatic carbocycles. The largest absolute Gasteiger partial charge is 0.355 e. The van der Waals surface area contributed by atoms with E-state index in [1.54, 1.807) is 6.07 Å². The lowest BCUT2D eigenvalue weighted by Gasteiger charge is -2.30. The third-order valence-corrected chi connectivity index (χ3v) is 8.21. The molecule has 4 aliphatic rings. The summed E-state index contributed by atoms with van der Waals surface area (Å²) in [6, 6.07) is 6.83. The first kappa shape index (κ1) is 19.7. The van der Waals surface area contributed by atoms with Crippen molar-refractivity contribution in [3.63, 3.8) is 0 Å². The summed E-state index contributed by atoms with van der Waals surface area (Å²) in [5.41, 5.74) is 0.312. The molecule has 4 fully saturated rings. The summed E-state index contributed by atoms with van der Waals surface area (Å²) < 4.78 is 14.4. The number of nitrogens with zero attached hydrogens (tertiary/aromatic N) is 1. The van der Waals surface area contributed by atoms with Gasteiger partial charge >= 0.3 is 0 Å². The molecule has 160 valence electrons. The van der Waals surface area contributed by atoms with Gasteiger partial charge in [0.1, 0.15) is 5.82 Å². The summed E-state index contributed by atoms with van der Waals surface area (Å²) in [7, 11) is 0. The van der Waals surface area contributed by atoms with E-state index in [4.69, 9.17) is 0 Å². The molecular weight excluding hydrogens is 383 g/mol. The Hall–Kier alpha value is -2.24.